The molecule has 0 bridgehead atoms. The van der Waals surface area contributed by atoms with Gasteiger partial charge in [-0.2, -0.15) is 0 Å². The average molecular weight is 179 g/mol. The van der Waals surface area contributed by atoms with Crippen LogP contribution in [0.15, 0.2) is 18.3 Å². The van der Waals surface area contributed by atoms with Crippen LogP contribution in [0.1, 0.15) is 11.7 Å². The number of hydrogen-bond acceptors (Lipinski definition) is 4. The molecule has 4 heteroatoms. The molecular weight excluding hydrogens is 166 g/mol. The van der Waals surface area contributed by atoms with Crippen molar-refractivity contribution in [3.8, 4) is 0 Å². The largest absolute Gasteiger partial charge is 0.384 e. The summed E-state index contributed by atoms with van der Waals surface area (Å²) in [5.74, 6) is 0.548. The van der Waals surface area contributed by atoms with Gasteiger partial charge in [0.15, 0.2) is 0 Å². The van der Waals surface area contributed by atoms with Crippen LogP contribution >= 0.6 is 0 Å². The highest BCUT2D eigenvalue weighted by atomic mass is 16.5. The predicted molar refractivity (Wildman–Crippen MR) is 50.2 cm³/mol. The summed E-state index contributed by atoms with van der Waals surface area (Å²) in [6.45, 7) is 2.54. The van der Waals surface area contributed by atoms with Crippen LogP contribution in [-0.4, -0.2) is 24.7 Å². The minimum Gasteiger partial charge on any atom is -0.384 e. The molecule has 1 fully saturated rings. The molecule has 1 aliphatic heterocycles. The van der Waals surface area contributed by atoms with Crippen LogP contribution in [0.2, 0.25) is 0 Å². The molecule has 0 saturated carbocycles. The number of nitrogen functional groups attached to an aromatic ring is 1. The molecule has 1 saturated heterocycles. The van der Waals surface area contributed by atoms with Crippen molar-refractivity contribution in [2.45, 2.75) is 6.10 Å². The Bertz CT molecular complexity index is 284. The number of nitrogens with zero attached hydrogens (tertiary/aromatic N) is 1. The van der Waals surface area contributed by atoms with Crippen LogP contribution in [0.3, 0.4) is 0 Å². The molecule has 2 rings (SSSR count). The Morgan fingerprint density at radius 2 is 2.54 bits per heavy atom. The van der Waals surface area contributed by atoms with Gasteiger partial charge in [0.05, 0.1) is 12.7 Å². The van der Waals surface area contributed by atoms with Gasteiger partial charge in [-0.3, -0.25) is 0 Å². The van der Waals surface area contributed by atoms with E-state index in [0.717, 1.165) is 25.3 Å². The van der Waals surface area contributed by atoms with E-state index in [2.05, 4.69) is 10.3 Å². The van der Waals surface area contributed by atoms with Crippen molar-refractivity contribution in [3.63, 3.8) is 0 Å². The Morgan fingerprint density at radius 3 is 3.23 bits per heavy atom. The zero-order valence-corrected chi connectivity index (χ0v) is 7.36. The zero-order chi connectivity index (χ0) is 9.10. The SMILES string of the molecule is Nc1cc(C2CNCCO2)ccn1. The minimum absolute atomic E-state index is 0.124. The van der Waals surface area contributed by atoms with E-state index in [9.17, 15) is 0 Å². The van der Waals surface area contributed by atoms with Gasteiger partial charge in [-0.25, -0.2) is 4.98 Å². The van der Waals surface area contributed by atoms with Gasteiger partial charge in [0.1, 0.15) is 5.82 Å². The summed E-state index contributed by atoms with van der Waals surface area (Å²) in [6, 6.07) is 3.80. The number of nitrogens with two attached hydrogens (primary N) is 1. The van der Waals surface area contributed by atoms with Gasteiger partial charge in [0.2, 0.25) is 0 Å². The quantitative estimate of drug-likeness (QED) is 0.652. The predicted octanol–water partition coefficient (Wildman–Crippen LogP) is 0.325. The van der Waals surface area contributed by atoms with Gasteiger partial charge < -0.3 is 15.8 Å². The van der Waals surface area contributed by atoms with Crippen molar-refractivity contribution in [1.29, 1.82) is 0 Å². The molecule has 1 aromatic rings. The highest BCUT2D eigenvalue weighted by Crippen LogP contribution is 2.18. The Hall–Kier alpha value is -1.13. The van der Waals surface area contributed by atoms with Gasteiger partial charge in [-0.05, 0) is 17.7 Å². The molecule has 1 atom stereocenters. The number of rotatable bonds is 1. The minimum atomic E-state index is 0.124. The molecule has 13 heavy (non-hydrogen) atoms. The second-order valence-electron chi connectivity index (χ2n) is 3.08. The van der Waals surface area contributed by atoms with Crippen molar-refractivity contribution in [1.82, 2.24) is 10.3 Å². The molecule has 0 radical (unpaired) electrons. The van der Waals surface area contributed by atoms with Crippen LogP contribution < -0.4 is 11.1 Å². The van der Waals surface area contributed by atoms with Gasteiger partial charge in [0, 0.05) is 19.3 Å². The highest BCUT2D eigenvalue weighted by Gasteiger charge is 2.15. The van der Waals surface area contributed by atoms with Crippen LogP contribution in [-0.2, 0) is 4.74 Å². The molecule has 1 unspecified atom stereocenters. The van der Waals surface area contributed by atoms with Crippen LogP contribution in [0.4, 0.5) is 5.82 Å². The zero-order valence-electron chi connectivity index (χ0n) is 7.36. The van der Waals surface area contributed by atoms with Crippen molar-refractivity contribution >= 4 is 5.82 Å². The third-order valence-corrected chi connectivity index (χ3v) is 2.10. The number of ether oxygens (including phenoxy) is 1. The van der Waals surface area contributed by atoms with E-state index in [1.807, 2.05) is 12.1 Å². The summed E-state index contributed by atoms with van der Waals surface area (Å²) in [5.41, 5.74) is 6.68. The molecular formula is C9H13N3O. The molecule has 2 heterocycles. The Labute approximate surface area is 77.1 Å². The second-order valence-corrected chi connectivity index (χ2v) is 3.08. The Kier molecular flexibility index (Phi) is 2.42. The molecule has 0 amide bonds. The molecule has 3 N–H and O–H groups in total. The standard InChI is InChI=1S/C9H13N3O/c10-9-5-7(1-2-12-9)8-6-11-3-4-13-8/h1-2,5,8,11H,3-4,6H2,(H2,10,12). The van der Waals surface area contributed by atoms with E-state index in [-0.39, 0.29) is 6.10 Å². The van der Waals surface area contributed by atoms with Crippen LogP contribution in [0.5, 0.6) is 0 Å². The number of pyridine rings is 1. The third-order valence-electron chi connectivity index (χ3n) is 2.10. The normalized spacial score (nSPS) is 22.9. The first-order chi connectivity index (χ1) is 6.36. The molecule has 1 aliphatic rings. The molecule has 0 spiro atoms. The van der Waals surface area contributed by atoms with Gasteiger partial charge >= 0.3 is 0 Å². The number of aromatic nitrogens is 1. The molecule has 0 aromatic carbocycles. The lowest BCUT2D eigenvalue weighted by atomic mass is 10.1. The third kappa shape index (κ3) is 1.96. The van der Waals surface area contributed by atoms with Gasteiger partial charge in [0.25, 0.3) is 0 Å². The van der Waals surface area contributed by atoms with Gasteiger partial charge in [-0.15, -0.1) is 0 Å². The molecule has 4 nitrogen and oxygen atoms in total. The van der Waals surface area contributed by atoms with Crippen LogP contribution in [0.25, 0.3) is 0 Å². The molecule has 70 valence electrons. The lowest BCUT2D eigenvalue weighted by Gasteiger charge is -2.23. The molecule has 1 aromatic heterocycles. The fraction of sp³-hybridized carbons (Fsp3) is 0.444. The van der Waals surface area contributed by atoms with E-state index in [1.54, 1.807) is 6.20 Å². The number of anilines is 1. The topological polar surface area (TPSA) is 60.2 Å². The smallest absolute Gasteiger partial charge is 0.123 e. The van der Waals surface area contributed by atoms with Crippen molar-refractivity contribution in [2.24, 2.45) is 0 Å². The number of nitrogens with one attached hydrogen (secondary N) is 1. The fourth-order valence-corrected chi connectivity index (χ4v) is 1.45. The van der Waals surface area contributed by atoms with Crippen molar-refractivity contribution < 1.29 is 4.74 Å². The maximum atomic E-state index is 5.58. The Morgan fingerprint density at radius 1 is 1.62 bits per heavy atom. The number of morpholine rings is 1. The maximum Gasteiger partial charge on any atom is 0.123 e. The van der Waals surface area contributed by atoms with E-state index in [0.29, 0.717) is 5.82 Å². The first-order valence-electron chi connectivity index (χ1n) is 4.40. The monoisotopic (exact) mass is 179 g/mol. The lowest BCUT2D eigenvalue weighted by molar-refractivity contribution is 0.0277. The summed E-state index contributed by atoms with van der Waals surface area (Å²) < 4.78 is 5.57. The summed E-state index contributed by atoms with van der Waals surface area (Å²) in [4.78, 5) is 3.94. The molecule has 0 aliphatic carbocycles. The van der Waals surface area contributed by atoms with E-state index >= 15 is 0 Å². The summed E-state index contributed by atoms with van der Waals surface area (Å²) in [5, 5.41) is 3.27. The van der Waals surface area contributed by atoms with E-state index in [4.69, 9.17) is 10.5 Å². The summed E-state index contributed by atoms with van der Waals surface area (Å²) >= 11 is 0. The number of hydrogen-bond donors (Lipinski definition) is 2. The first-order valence-corrected chi connectivity index (χ1v) is 4.40. The summed E-state index contributed by atoms with van der Waals surface area (Å²) in [6.07, 6.45) is 1.84. The first kappa shape index (κ1) is 8.47. The summed E-state index contributed by atoms with van der Waals surface area (Å²) in [7, 11) is 0. The van der Waals surface area contributed by atoms with Gasteiger partial charge in [-0.1, -0.05) is 0 Å². The lowest BCUT2D eigenvalue weighted by Crippen LogP contribution is -2.33. The highest BCUT2D eigenvalue weighted by molar-refractivity contribution is 5.33. The fourth-order valence-electron chi connectivity index (χ4n) is 1.45. The van der Waals surface area contributed by atoms with E-state index in [1.165, 1.54) is 0 Å². The second kappa shape index (κ2) is 3.72. The average Bonchev–Trinajstić information content (AvgIpc) is 2.19. The maximum absolute atomic E-state index is 5.58. The van der Waals surface area contributed by atoms with E-state index < -0.39 is 0 Å². The Balaban J connectivity index is 2.14. The van der Waals surface area contributed by atoms with Crippen molar-refractivity contribution in [2.75, 3.05) is 25.4 Å². The van der Waals surface area contributed by atoms with Crippen LogP contribution in [0, 0.1) is 0 Å². The van der Waals surface area contributed by atoms with Crippen molar-refractivity contribution in [3.05, 3.63) is 23.9 Å².